The van der Waals surface area contributed by atoms with Gasteiger partial charge in [0.1, 0.15) is 11.3 Å². The van der Waals surface area contributed by atoms with Crippen LogP contribution < -0.4 is 4.74 Å². The van der Waals surface area contributed by atoms with Crippen molar-refractivity contribution in [3.05, 3.63) is 133 Å². The molecule has 7 aromatic carbocycles. The Balaban J connectivity index is 1.25. The Hall–Kier alpha value is -5.45. The lowest BCUT2D eigenvalue weighted by atomic mass is 9.85. The number of hydrogen-bond acceptors (Lipinski definition) is 3. The Bertz CT molecular complexity index is 2620. The predicted octanol–water partition coefficient (Wildman–Crippen LogP) is 11.7. The van der Waals surface area contributed by atoms with E-state index in [1.165, 1.54) is 64.0 Å². The topological polar surface area (TPSA) is 27.1 Å². The van der Waals surface area contributed by atoms with Crippen LogP contribution in [0.15, 0.2) is 127 Å². The quantitative estimate of drug-likeness (QED) is 0.190. The summed E-state index contributed by atoms with van der Waals surface area (Å²) in [6.07, 6.45) is 0.836. The van der Waals surface area contributed by atoms with E-state index in [0.29, 0.717) is 0 Å². The van der Waals surface area contributed by atoms with Crippen LogP contribution >= 0.6 is 11.3 Å². The number of benzene rings is 7. The van der Waals surface area contributed by atoms with Crippen molar-refractivity contribution in [2.24, 2.45) is 0 Å². The molecule has 10 rings (SSSR count). The summed E-state index contributed by atoms with van der Waals surface area (Å²) in [5.41, 5.74) is 7.99. The maximum absolute atomic E-state index is 6.45. The number of imidazole rings is 1. The second-order valence-corrected chi connectivity index (χ2v) is 12.9. The van der Waals surface area contributed by atoms with Gasteiger partial charge in [-0.2, -0.15) is 0 Å². The van der Waals surface area contributed by atoms with E-state index in [2.05, 4.69) is 127 Å². The van der Waals surface area contributed by atoms with E-state index in [0.717, 1.165) is 40.5 Å². The highest BCUT2D eigenvalue weighted by Gasteiger charge is 2.25. The summed E-state index contributed by atoms with van der Waals surface area (Å²) in [5, 5.41) is 7.64. The van der Waals surface area contributed by atoms with E-state index < -0.39 is 0 Å². The number of thiophene rings is 1. The number of para-hydroxylation sites is 1. The van der Waals surface area contributed by atoms with Gasteiger partial charge in [-0.05, 0) is 80.2 Å². The normalized spacial score (nSPS) is 12.4. The second-order valence-electron chi connectivity index (χ2n) is 11.8. The number of fused-ring (bicyclic) bond motifs is 7. The summed E-state index contributed by atoms with van der Waals surface area (Å²) in [5.74, 6) is 2.75. The minimum Gasteiger partial charge on any atom is -0.453 e. The van der Waals surface area contributed by atoms with Crippen molar-refractivity contribution in [1.82, 2.24) is 9.55 Å². The summed E-state index contributed by atoms with van der Waals surface area (Å²) >= 11 is 1.87. The molecule has 0 spiro atoms. The van der Waals surface area contributed by atoms with Crippen LogP contribution in [0.25, 0.3) is 80.7 Å². The molecule has 2 aromatic heterocycles. The molecule has 0 saturated carbocycles. The van der Waals surface area contributed by atoms with Crippen molar-refractivity contribution < 1.29 is 4.74 Å². The lowest BCUT2D eigenvalue weighted by molar-refractivity contribution is 0.474. The van der Waals surface area contributed by atoms with Crippen molar-refractivity contribution in [2.45, 2.75) is 13.3 Å². The molecule has 212 valence electrons. The Labute approximate surface area is 263 Å². The third-order valence-corrected chi connectivity index (χ3v) is 10.5. The highest BCUT2D eigenvalue weighted by atomic mass is 32.1. The zero-order chi connectivity index (χ0) is 29.6. The fourth-order valence-electron chi connectivity index (χ4n) is 7.41. The van der Waals surface area contributed by atoms with Crippen molar-refractivity contribution in [3.8, 4) is 39.4 Å². The first-order valence-corrected chi connectivity index (χ1v) is 16.3. The van der Waals surface area contributed by atoms with Crippen molar-refractivity contribution in [3.63, 3.8) is 0 Å². The van der Waals surface area contributed by atoms with Gasteiger partial charge in [0.2, 0.25) is 0 Å². The largest absolute Gasteiger partial charge is 0.453 e. The maximum Gasteiger partial charge on any atom is 0.153 e. The fourth-order valence-corrected chi connectivity index (χ4v) is 8.55. The monoisotopic (exact) mass is 594 g/mol. The molecule has 45 heavy (non-hydrogen) atoms. The molecule has 0 bridgehead atoms. The molecule has 1 aliphatic rings. The second kappa shape index (κ2) is 9.28. The minimum absolute atomic E-state index is 0.836. The van der Waals surface area contributed by atoms with Crippen molar-refractivity contribution in [1.29, 1.82) is 0 Å². The van der Waals surface area contributed by atoms with Gasteiger partial charge >= 0.3 is 0 Å². The molecule has 0 unspecified atom stereocenters. The molecule has 0 amide bonds. The molecule has 0 aliphatic carbocycles. The van der Waals surface area contributed by atoms with Gasteiger partial charge in [-0.3, -0.25) is 4.57 Å². The zero-order valence-electron chi connectivity index (χ0n) is 24.5. The average molecular weight is 595 g/mol. The Kier molecular flexibility index (Phi) is 5.14. The van der Waals surface area contributed by atoms with E-state index in [1.807, 2.05) is 23.5 Å². The van der Waals surface area contributed by atoms with Crippen LogP contribution in [0.4, 0.5) is 0 Å². The predicted molar refractivity (Wildman–Crippen MR) is 189 cm³/mol. The van der Waals surface area contributed by atoms with Crippen LogP contribution in [-0.2, 0) is 6.42 Å². The molecule has 0 atom stereocenters. The van der Waals surface area contributed by atoms with E-state index in [-0.39, 0.29) is 0 Å². The minimum atomic E-state index is 0.836. The van der Waals surface area contributed by atoms with E-state index in [9.17, 15) is 0 Å². The standard InChI is InChI=1S/C41H26N2OS/c1-2-38-42-32-15-9-16-35-41(32)43(38)33-22-24(19-21-34(33)44-35)39-28-11-3-5-13-30(28)40(31-14-6-4-12-29(31)39)25-18-20-27-26-10-7-8-17-36(26)45-37(27)23-25/h3-23H,2H2,1H3. The number of aryl methyl sites for hydroxylation is 1. The SMILES string of the molecule is CCc1nc2cccc3c2n1-c1cc(-c2c4ccccc4c(-c4ccc5c(c4)sc4ccccc45)c4ccccc24)ccc1O3. The van der Waals surface area contributed by atoms with Crippen molar-refractivity contribution >= 4 is 64.1 Å². The molecular weight excluding hydrogens is 569 g/mol. The first-order chi connectivity index (χ1) is 22.3. The number of hydrogen-bond donors (Lipinski definition) is 0. The average Bonchev–Trinajstić information content (AvgIpc) is 3.66. The van der Waals surface area contributed by atoms with Crippen LogP contribution in [0, 0.1) is 0 Å². The molecular formula is C41H26N2OS. The molecule has 0 radical (unpaired) electrons. The Morgan fingerprint density at radius 2 is 1.20 bits per heavy atom. The molecule has 1 aliphatic heterocycles. The van der Waals surface area contributed by atoms with Crippen molar-refractivity contribution in [2.75, 3.05) is 0 Å². The van der Waals surface area contributed by atoms with E-state index >= 15 is 0 Å². The van der Waals surface area contributed by atoms with Crippen LogP contribution in [0.5, 0.6) is 11.5 Å². The summed E-state index contributed by atoms with van der Waals surface area (Å²) in [7, 11) is 0. The molecule has 0 N–H and O–H groups in total. The van der Waals surface area contributed by atoms with Gasteiger partial charge in [0, 0.05) is 26.6 Å². The Morgan fingerprint density at radius 1 is 0.578 bits per heavy atom. The van der Waals surface area contributed by atoms with Crippen LogP contribution in [0.3, 0.4) is 0 Å². The summed E-state index contributed by atoms with van der Waals surface area (Å²) in [4.78, 5) is 4.97. The third-order valence-electron chi connectivity index (χ3n) is 9.33. The van der Waals surface area contributed by atoms with Crippen LogP contribution in [0.2, 0.25) is 0 Å². The fraction of sp³-hybridized carbons (Fsp3) is 0.0488. The zero-order valence-corrected chi connectivity index (χ0v) is 25.4. The van der Waals surface area contributed by atoms with E-state index in [1.54, 1.807) is 0 Å². The highest BCUT2D eigenvalue weighted by Crippen LogP contribution is 2.48. The number of aromatic nitrogens is 2. The summed E-state index contributed by atoms with van der Waals surface area (Å²) in [6.45, 7) is 2.17. The van der Waals surface area contributed by atoms with Crippen LogP contribution in [0.1, 0.15) is 12.7 Å². The molecule has 3 nitrogen and oxygen atoms in total. The lowest BCUT2D eigenvalue weighted by Gasteiger charge is -2.23. The van der Waals surface area contributed by atoms with Gasteiger partial charge in [-0.15, -0.1) is 11.3 Å². The number of rotatable bonds is 3. The van der Waals surface area contributed by atoms with Gasteiger partial charge < -0.3 is 4.74 Å². The number of ether oxygens (including phenoxy) is 1. The van der Waals surface area contributed by atoms with Gasteiger partial charge in [0.25, 0.3) is 0 Å². The number of nitrogens with zero attached hydrogens (tertiary/aromatic N) is 2. The lowest BCUT2D eigenvalue weighted by Crippen LogP contribution is -2.07. The first-order valence-electron chi connectivity index (χ1n) is 15.4. The molecule has 4 heteroatoms. The van der Waals surface area contributed by atoms with Crippen LogP contribution in [-0.4, -0.2) is 9.55 Å². The van der Waals surface area contributed by atoms with Gasteiger partial charge in [0.15, 0.2) is 11.5 Å². The third kappa shape index (κ3) is 3.49. The van der Waals surface area contributed by atoms with Gasteiger partial charge in [-0.25, -0.2) is 4.98 Å². The smallest absolute Gasteiger partial charge is 0.153 e. The maximum atomic E-state index is 6.45. The molecule has 3 heterocycles. The van der Waals surface area contributed by atoms with E-state index in [4.69, 9.17) is 9.72 Å². The molecule has 0 saturated heterocycles. The highest BCUT2D eigenvalue weighted by molar-refractivity contribution is 7.25. The summed E-state index contributed by atoms with van der Waals surface area (Å²) in [6, 6.07) is 46.2. The van der Waals surface area contributed by atoms with Gasteiger partial charge in [-0.1, -0.05) is 97.9 Å². The molecule has 9 aromatic rings. The summed E-state index contributed by atoms with van der Waals surface area (Å²) < 4.78 is 11.4. The Morgan fingerprint density at radius 3 is 1.91 bits per heavy atom. The van der Waals surface area contributed by atoms with Gasteiger partial charge in [0.05, 0.1) is 11.2 Å². The molecule has 0 fully saturated rings. The first kappa shape index (κ1) is 24.9.